The number of carboxylic acids is 1. The Balaban J connectivity index is 1.92. The SMILES string of the molecule is N[C@@H](Cc1ccc(OC(=O)/C=C\c2ccc(O)cc2)cc1)C(=O)O. The molecule has 0 unspecified atom stereocenters. The lowest BCUT2D eigenvalue weighted by atomic mass is 10.1. The second-order valence-corrected chi connectivity index (χ2v) is 5.14. The van der Waals surface area contributed by atoms with E-state index in [1.807, 2.05) is 0 Å². The van der Waals surface area contributed by atoms with Crippen molar-refractivity contribution >= 4 is 18.0 Å². The average Bonchev–Trinajstić information content (AvgIpc) is 2.56. The zero-order chi connectivity index (χ0) is 17.5. The Kier molecular flexibility index (Phi) is 5.70. The number of ether oxygens (including phenoxy) is 1. The molecule has 0 heterocycles. The normalized spacial score (nSPS) is 12.0. The standard InChI is InChI=1S/C18H17NO5/c19-16(18(22)23)11-13-3-8-15(9-4-13)24-17(21)10-5-12-1-6-14(20)7-2-12/h1-10,16,20H,11,19H2,(H,22,23)/b10-5-/t16-/m0/s1. The van der Waals surface area contributed by atoms with Crippen molar-refractivity contribution in [1.29, 1.82) is 0 Å². The van der Waals surface area contributed by atoms with Crippen LogP contribution in [0.3, 0.4) is 0 Å². The fraction of sp³-hybridized carbons (Fsp3) is 0.111. The van der Waals surface area contributed by atoms with Gasteiger partial charge in [-0.1, -0.05) is 24.3 Å². The van der Waals surface area contributed by atoms with E-state index in [9.17, 15) is 14.7 Å². The molecule has 6 nitrogen and oxygen atoms in total. The van der Waals surface area contributed by atoms with Crippen LogP contribution in [0, 0.1) is 0 Å². The Morgan fingerprint density at radius 1 is 1.08 bits per heavy atom. The Hall–Kier alpha value is -3.12. The summed E-state index contributed by atoms with van der Waals surface area (Å²) in [6, 6.07) is 11.9. The number of hydrogen-bond acceptors (Lipinski definition) is 5. The first kappa shape index (κ1) is 17.2. The molecule has 0 saturated carbocycles. The van der Waals surface area contributed by atoms with E-state index in [0.29, 0.717) is 5.75 Å². The fourth-order valence-electron chi connectivity index (χ4n) is 1.93. The third-order valence-corrected chi connectivity index (χ3v) is 3.22. The highest BCUT2D eigenvalue weighted by molar-refractivity contribution is 5.88. The number of aromatic hydroxyl groups is 1. The highest BCUT2D eigenvalue weighted by Crippen LogP contribution is 2.14. The van der Waals surface area contributed by atoms with Crippen molar-refractivity contribution in [1.82, 2.24) is 0 Å². The molecule has 0 aliphatic heterocycles. The molecule has 0 aliphatic carbocycles. The number of aliphatic carboxylic acids is 1. The first-order valence-electron chi connectivity index (χ1n) is 7.20. The summed E-state index contributed by atoms with van der Waals surface area (Å²) in [7, 11) is 0. The van der Waals surface area contributed by atoms with Crippen LogP contribution in [0.1, 0.15) is 11.1 Å². The molecule has 4 N–H and O–H groups in total. The van der Waals surface area contributed by atoms with Crippen molar-refractivity contribution < 1.29 is 24.5 Å². The number of carbonyl (C=O) groups excluding carboxylic acids is 1. The van der Waals surface area contributed by atoms with Gasteiger partial charge in [0.25, 0.3) is 0 Å². The van der Waals surface area contributed by atoms with Gasteiger partial charge in [0.2, 0.25) is 0 Å². The van der Waals surface area contributed by atoms with Crippen LogP contribution in [0.4, 0.5) is 0 Å². The monoisotopic (exact) mass is 327 g/mol. The quantitative estimate of drug-likeness (QED) is 0.425. The van der Waals surface area contributed by atoms with Crippen LogP contribution in [-0.2, 0) is 16.0 Å². The zero-order valence-electron chi connectivity index (χ0n) is 12.8. The number of nitrogens with two attached hydrogens (primary N) is 1. The van der Waals surface area contributed by atoms with Gasteiger partial charge in [0.1, 0.15) is 17.5 Å². The lowest BCUT2D eigenvalue weighted by Crippen LogP contribution is -2.32. The van der Waals surface area contributed by atoms with Crippen molar-refractivity contribution in [2.75, 3.05) is 0 Å². The van der Waals surface area contributed by atoms with Crippen LogP contribution in [0.15, 0.2) is 54.6 Å². The fourth-order valence-corrected chi connectivity index (χ4v) is 1.93. The first-order valence-corrected chi connectivity index (χ1v) is 7.20. The van der Waals surface area contributed by atoms with E-state index in [4.69, 9.17) is 15.6 Å². The van der Waals surface area contributed by atoms with Gasteiger partial charge in [-0.05, 0) is 47.9 Å². The predicted octanol–water partition coefficient (Wildman–Crippen LogP) is 1.97. The van der Waals surface area contributed by atoms with Gasteiger partial charge in [-0.3, -0.25) is 4.79 Å². The second-order valence-electron chi connectivity index (χ2n) is 5.14. The van der Waals surface area contributed by atoms with E-state index >= 15 is 0 Å². The van der Waals surface area contributed by atoms with Crippen LogP contribution in [0.2, 0.25) is 0 Å². The number of rotatable bonds is 6. The minimum absolute atomic E-state index is 0.150. The second kappa shape index (κ2) is 7.94. The van der Waals surface area contributed by atoms with Gasteiger partial charge in [0, 0.05) is 6.08 Å². The molecular formula is C18H17NO5. The van der Waals surface area contributed by atoms with Crippen molar-refractivity contribution in [2.45, 2.75) is 12.5 Å². The summed E-state index contributed by atoms with van der Waals surface area (Å²) in [5.74, 6) is -1.11. The number of hydrogen-bond donors (Lipinski definition) is 3. The molecule has 24 heavy (non-hydrogen) atoms. The summed E-state index contributed by atoms with van der Waals surface area (Å²) in [4.78, 5) is 22.5. The highest BCUT2D eigenvalue weighted by atomic mass is 16.5. The number of esters is 1. The first-order chi connectivity index (χ1) is 11.4. The summed E-state index contributed by atoms with van der Waals surface area (Å²) < 4.78 is 5.14. The number of benzene rings is 2. The molecule has 0 spiro atoms. The van der Waals surface area contributed by atoms with E-state index in [-0.39, 0.29) is 12.2 Å². The van der Waals surface area contributed by atoms with Gasteiger partial charge in [0.05, 0.1) is 0 Å². The molecule has 0 fully saturated rings. The zero-order valence-corrected chi connectivity index (χ0v) is 12.8. The smallest absolute Gasteiger partial charge is 0.336 e. The van der Waals surface area contributed by atoms with E-state index in [0.717, 1.165) is 11.1 Å². The van der Waals surface area contributed by atoms with Crippen molar-refractivity contribution in [2.24, 2.45) is 5.73 Å². The molecule has 0 aromatic heterocycles. The molecule has 6 heteroatoms. The van der Waals surface area contributed by atoms with Crippen LogP contribution in [0.5, 0.6) is 11.5 Å². The molecule has 2 rings (SSSR count). The number of carbonyl (C=O) groups is 2. The molecule has 1 atom stereocenters. The van der Waals surface area contributed by atoms with Crippen LogP contribution >= 0.6 is 0 Å². The summed E-state index contributed by atoms with van der Waals surface area (Å²) >= 11 is 0. The number of phenolic OH excluding ortho intramolecular Hbond substituents is 1. The van der Waals surface area contributed by atoms with Gasteiger partial charge >= 0.3 is 11.9 Å². The van der Waals surface area contributed by atoms with Crippen molar-refractivity contribution in [3.63, 3.8) is 0 Å². The van der Waals surface area contributed by atoms with Crippen LogP contribution in [-0.4, -0.2) is 28.2 Å². The Bertz CT molecular complexity index is 735. The third kappa shape index (κ3) is 5.26. The Labute approximate surface area is 138 Å². The maximum Gasteiger partial charge on any atom is 0.336 e. The van der Waals surface area contributed by atoms with Gasteiger partial charge in [-0.15, -0.1) is 0 Å². The van der Waals surface area contributed by atoms with E-state index in [2.05, 4.69) is 0 Å². The topological polar surface area (TPSA) is 110 Å². The molecule has 0 saturated heterocycles. The van der Waals surface area contributed by atoms with Crippen molar-refractivity contribution in [3.8, 4) is 11.5 Å². The summed E-state index contributed by atoms with van der Waals surface area (Å²) in [6.07, 6.45) is 3.05. The molecule has 0 radical (unpaired) electrons. The van der Waals surface area contributed by atoms with E-state index in [1.54, 1.807) is 42.5 Å². The van der Waals surface area contributed by atoms with E-state index in [1.165, 1.54) is 18.2 Å². The van der Waals surface area contributed by atoms with Crippen LogP contribution < -0.4 is 10.5 Å². The maximum atomic E-state index is 11.7. The highest BCUT2D eigenvalue weighted by Gasteiger charge is 2.12. The largest absolute Gasteiger partial charge is 0.508 e. The Morgan fingerprint density at radius 3 is 2.29 bits per heavy atom. The molecule has 0 amide bonds. The van der Waals surface area contributed by atoms with Crippen molar-refractivity contribution in [3.05, 3.63) is 65.7 Å². The minimum atomic E-state index is -1.06. The van der Waals surface area contributed by atoms with Gasteiger partial charge < -0.3 is 20.7 Å². The lowest BCUT2D eigenvalue weighted by Gasteiger charge is -2.07. The average molecular weight is 327 g/mol. The van der Waals surface area contributed by atoms with Gasteiger partial charge in [-0.25, -0.2) is 4.79 Å². The molecule has 2 aromatic rings. The molecule has 2 aromatic carbocycles. The van der Waals surface area contributed by atoms with E-state index < -0.39 is 18.0 Å². The number of carboxylic acid groups (broad SMARTS) is 1. The Morgan fingerprint density at radius 2 is 1.71 bits per heavy atom. The predicted molar refractivity (Wildman–Crippen MR) is 88.5 cm³/mol. The minimum Gasteiger partial charge on any atom is -0.508 e. The molecular weight excluding hydrogens is 310 g/mol. The van der Waals surface area contributed by atoms with Gasteiger partial charge in [0.15, 0.2) is 0 Å². The molecule has 0 aliphatic rings. The van der Waals surface area contributed by atoms with Crippen LogP contribution in [0.25, 0.3) is 6.08 Å². The molecule has 124 valence electrons. The summed E-state index contributed by atoms with van der Waals surface area (Å²) in [6.45, 7) is 0. The summed E-state index contributed by atoms with van der Waals surface area (Å²) in [5, 5.41) is 17.9. The number of phenols is 1. The molecule has 0 bridgehead atoms. The third-order valence-electron chi connectivity index (χ3n) is 3.22. The summed E-state index contributed by atoms with van der Waals surface area (Å²) in [5.41, 5.74) is 6.95. The van der Waals surface area contributed by atoms with Gasteiger partial charge in [-0.2, -0.15) is 0 Å². The maximum absolute atomic E-state index is 11.7. The lowest BCUT2D eigenvalue weighted by molar-refractivity contribution is -0.138.